The first-order valence-electron chi connectivity index (χ1n) is 6.53. The van der Waals surface area contributed by atoms with Gasteiger partial charge in [-0.15, -0.1) is 0 Å². The number of fused-ring (bicyclic) bond motifs is 1. The lowest BCUT2D eigenvalue weighted by atomic mass is 9.71. The van der Waals surface area contributed by atoms with Crippen LogP contribution in [0, 0.1) is 5.92 Å². The number of nitrogens with one attached hydrogen (secondary N) is 4. The fourth-order valence-corrected chi connectivity index (χ4v) is 2.99. The van der Waals surface area contributed by atoms with Crippen LogP contribution in [-0.2, 0) is 9.53 Å². The summed E-state index contributed by atoms with van der Waals surface area (Å²) >= 11 is 0. The van der Waals surface area contributed by atoms with Crippen LogP contribution in [0.25, 0.3) is 0 Å². The average Bonchev–Trinajstić information content (AvgIpc) is 2.99. The van der Waals surface area contributed by atoms with E-state index in [-0.39, 0.29) is 41.6 Å². The van der Waals surface area contributed by atoms with E-state index in [4.69, 9.17) is 4.74 Å². The standard InChI is InChI=1S/C12H16N4O4/c1-5(17)14-9-8(6-2-3-20-10(6)9)16-11(18)7-4-13-12(19)15-7/h4,6,8-10H,2-3H2,1H3,(H,14,17)(H,16,18)(H2,13,15,19)/t6-,8+,9-,10-/m0/s1. The molecule has 3 rings (SSSR count). The Hall–Kier alpha value is -2.09. The Morgan fingerprint density at radius 3 is 2.80 bits per heavy atom. The second-order valence-electron chi connectivity index (χ2n) is 5.17. The molecule has 0 radical (unpaired) electrons. The molecule has 2 fully saturated rings. The van der Waals surface area contributed by atoms with E-state index in [0.717, 1.165) is 6.42 Å². The second kappa shape index (κ2) is 4.78. The number of amides is 2. The highest BCUT2D eigenvalue weighted by Gasteiger charge is 2.54. The zero-order valence-electron chi connectivity index (χ0n) is 10.9. The lowest BCUT2D eigenvalue weighted by Gasteiger charge is -2.47. The maximum Gasteiger partial charge on any atom is 0.323 e. The summed E-state index contributed by atoms with van der Waals surface area (Å²) in [6.07, 6.45) is 2.15. The fraction of sp³-hybridized carbons (Fsp3) is 0.583. The molecule has 1 saturated heterocycles. The molecule has 108 valence electrons. The number of carbonyl (C=O) groups is 2. The minimum atomic E-state index is -0.427. The highest BCUT2D eigenvalue weighted by molar-refractivity contribution is 5.92. The van der Waals surface area contributed by atoms with Gasteiger partial charge in [-0.3, -0.25) is 9.59 Å². The van der Waals surface area contributed by atoms with E-state index in [1.165, 1.54) is 13.1 Å². The lowest BCUT2D eigenvalue weighted by Crippen LogP contribution is -2.70. The first-order chi connectivity index (χ1) is 9.56. The van der Waals surface area contributed by atoms with E-state index in [0.29, 0.717) is 6.61 Å². The van der Waals surface area contributed by atoms with E-state index < -0.39 is 5.69 Å². The second-order valence-corrected chi connectivity index (χ2v) is 5.17. The lowest BCUT2D eigenvalue weighted by molar-refractivity contribution is -0.123. The molecule has 0 spiro atoms. The number of imidazole rings is 1. The molecule has 8 heteroatoms. The van der Waals surface area contributed by atoms with Gasteiger partial charge in [-0.25, -0.2) is 4.79 Å². The van der Waals surface area contributed by atoms with E-state index in [9.17, 15) is 14.4 Å². The van der Waals surface area contributed by atoms with Crippen LogP contribution in [0.5, 0.6) is 0 Å². The maximum absolute atomic E-state index is 12.0. The number of H-pyrrole nitrogens is 2. The van der Waals surface area contributed by atoms with Gasteiger partial charge in [-0.2, -0.15) is 0 Å². The Labute approximate surface area is 114 Å². The zero-order valence-corrected chi connectivity index (χ0v) is 10.9. The smallest absolute Gasteiger partial charge is 0.323 e. The van der Waals surface area contributed by atoms with Crippen molar-refractivity contribution >= 4 is 11.8 Å². The predicted molar refractivity (Wildman–Crippen MR) is 68.1 cm³/mol. The van der Waals surface area contributed by atoms with Gasteiger partial charge in [-0.1, -0.05) is 0 Å². The van der Waals surface area contributed by atoms with Crippen molar-refractivity contribution in [2.75, 3.05) is 6.61 Å². The number of hydrogen-bond donors (Lipinski definition) is 4. The molecule has 1 saturated carbocycles. The summed E-state index contributed by atoms with van der Waals surface area (Å²) in [6.45, 7) is 2.07. The van der Waals surface area contributed by atoms with Gasteiger partial charge < -0.3 is 25.3 Å². The van der Waals surface area contributed by atoms with Crippen LogP contribution in [0.4, 0.5) is 0 Å². The highest BCUT2D eigenvalue weighted by atomic mass is 16.5. The third-order valence-corrected chi connectivity index (χ3v) is 3.89. The third-order valence-electron chi connectivity index (χ3n) is 3.89. The van der Waals surface area contributed by atoms with Gasteiger partial charge in [0.25, 0.3) is 5.91 Å². The van der Waals surface area contributed by atoms with Crippen molar-refractivity contribution in [1.29, 1.82) is 0 Å². The van der Waals surface area contributed by atoms with Gasteiger partial charge in [0.15, 0.2) is 0 Å². The van der Waals surface area contributed by atoms with Gasteiger partial charge >= 0.3 is 5.69 Å². The monoisotopic (exact) mass is 280 g/mol. The van der Waals surface area contributed by atoms with Crippen LogP contribution in [0.2, 0.25) is 0 Å². The summed E-state index contributed by atoms with van der Waals surface area (Å²) in [5.41, 5.74) is -0.247. The molecule has 2 amide bonds. The Morgan fingerprint density at radius 1 is 1.35 bits per heavy atom. The third kappa shape index (κ3) is 2.11. The molecule has 0 unspecified atom stereocenters. The number of aromatic amines is 2. The number of rotatable bonds is 3. The van der Waals surface area contributed by atoms with Crippen molar-refractivity contribution in [2.45, 2.75) is 31.5 Å². The first-order valence-corrected chi connectivity index (χ1v) is 6.53. The fourth-order valence-electron chi connectivity index (χ4n) is 2.99. The molecule has 20 heavy (non-hydrogen) atoms. The van der Waals surface area contributed by atoms with Crippen molar-refractivity contribution in [3.63, 3.8) is 0 Å². The Kier molecular flexibility index (Phi) is 3.09. The van der Waals surface area contributed by atoms with Gasteiger partial charge in [0.05, 0.1) is 18.2 Å². The van der Waals surface area contributed by atoms with Crippen molar-refractivity contribution in [1.82, 2.24) is 20.6 Å². The summed E-state index contributed by atoms with van der Waals surface area (Å²) in [5.74, 6) is -0.311. The maximum atomic E-state index is 12.0. The molecule has 2 aliphatic rings. The molecule has 4 atom stereocenters. The van der Waals surface area contributed by atoms with Crippen molar-refractivity contribution in [2.24, 2.45) is 5.92 Å². The van der Waals surface area contributed by atoms with Gasteiger partial charge in [-0.05, 0) is 6.42 Å². The topological polar surface area (TPSA) is 116 Å². The molecule has 0 bridgehead atoms. The van der Waals surface area contributed by atoms with Crippen LogP contribution in [0.15, 0.2) is 11.0 Å². The summed E-state index contributed by atoms with van der Waals surface area (Å²) in [4.78, 5) is 39.0. The molecule has 1 aromatic heterocycles. The highest BCUT2D eigenvalue weighted by Crippen LogP contribution is 2.39. The summed E-state index contributed by atoms with van der Waals surface area (Å²) in [6, 6.07) is -0.382. The molecular formula is C12H16N4O4. The van der Waals surface area contributed by atoms with Crippen LogP contribution in [0.3, 0.4) is 0 Å². The number of carbonyl (C=O) groups excluding carboxylic acids is 2. The molecule has 8 nitrogen and oxygen atoms in total. The molecule has 1 aliphatic carbocycles. The predicted octanol–water partition coefficient (Wildman–Crippen LogP) is -1.28. The van der Waals surface area contributed by atoms with Crippen molar-refractivity contribution < 1.29 is 14.3 Å². The van der Waals surface area contributed by atoms with Crippen molar-refractivity contribution in [3.05, 3.63) is 22.4 Å². The van der Waals surface area contributed by atoms with E-state index in [1.807, 2.05) is 0 Å². The van der Waals surface area contributed by atoms with Crippen LogP contribution < -0.4 is 16.3 Å². The summed E-state index contributed by atoms with van der Waals surface area (Å²) in [7, 11) is 0. The largest absolute Gasteiger partial charge is 0.376 e. The zero-order chi connectivity index (χ0) is 14.3. The number of aromatic nitrogens is 2. The SMILES string of the molecule is CC(=O)N[C@H]1[C@H](NC(=O)c2c[nH]c(=O)[nH]2)[C@@H]2CCO[C@@H]21. The minimum absolute atomic E-state index is 0.0329. The molecule has 1 aromatic rings. The molecule has 4 N–H and O–H groups in total. The molecule has 1 aliphatic heterocycles. The number of hydrogen-bond acceptors (Lipinski definition) is 4. The Morgan fingerprint density at radius 2 is 2.15 bits per heavy atom. The molecule has 2 heterocycles. The van der Waals surface area contributed by atoms with E-state index in [1.54, 1.807) is 0 Å². The Balaban J connectivity index is 1.70. The van der Waals surface area contributed by atoms with E-state index in [2.05, 4.69) is 20.6 Å². The van der Waals surface area contributed by atoms with Gasteiger partial charge in [0.2, 0.25) is 5.91 Å². The Bertz CT molecular complexity index is 592. The van der Waals surface area contributed by atoms with Gasteiger partial charge in [0.1, 0.15) is 5.69 Å². The summed E-state index contributed by atoms with van der Waals surface area (Å²) < 4.78 is 5.56. The van der Waals surface area contributed by atoms with Crippen LogP contribution in [0.1, 0.15) is 23.8 Å². The molecule has 0 aromatic carbocycles. The minimum Gasteiger partial charge on any atom is -0.376 e. The van der Waals surface area contributed by atoms with E-state index >= 15 is 0 Å². The quantitative estimate of drug-likeness (QED) is 0.552. The first kappa shape index (κ1) is 12.9. The van der Waals surface area contributed by atoms with Crippen molar-refractivity contribution in [3.8, 4) is 0 Å². The van der Waals surface area contributed by atoms with Crippen LogP contribution >= 0.6 is 0 Å². The van der Waals surface area contributed by atoms with Gasteiger partial charge in [0, 0.05) is 25.6 Å². The number of ether oxygens (including phenoxy) is 1. The average molecular weight is 280 g/mol. The summed E-state index contributed by atoms with van der Waals surface area (Å²) in [5, 5.41) is 5.65. The molecular weight excluding hydrogens is 264 g/mol. The van der Waals surface area contributed by atoms with Crippen LogP contribution in [-0.4, -0.2) is 46.6 Å². The normalized spacial score (nSPS) is 31.2.